The molecular weight excluding hydrogens is 316 g/mol. The largest absolute Gasteiger partial charge is 0.507 e. The summed E-state index contributed by atoms with van der Waals surface area (Å²) in [6, 6.07) is 9.66. The normalized spacial score (nSPS) is 10.0. The number of rotatable bonds is 5. The second-order valence-corrected chi connectivity index (χ2v) is 4.95. The number of phenols is 1. The SMILES string of the molecule is Cc1ccc(C(=O)OCC(=O)Nc2ccc([N+](=O)[O-])cc2)c(O)c1. The van der Waals surface area contributed by atoms with E-state index in [4.69, 9.17) is 4.74 Å². The van der Waals surface area contributed by atoms with Crippen LogP contribution in [0.25, 0.3) is 0 Å². The molecule has 1 amide bonds. The molecule has 0 bridgehead atoms. The molecule has 0 aromatic heterocycles. The van der Waals surface area contributed by atoms with Crippen LogP contribution >= 0.6 is 0 Å². The Hall–Kier alpha value is -3.42. The van der Waals surface area contributed by atoms with Crippen molar-refractivity contribution in [1.29, 1.82) is 0 Å². The molecule has 0 fully saturated rings. The van der Waals surface area contributed by atoms with Gasteiger partial charge < -0.3 is 15.2 Å². The lowest BCUT2D eigenvalue weighted by Gasteiger charge is -2.08. The summed E-state index contributed by atoms with van der Waals surface area (Å²) in [6.45, 7) is 1.20. The van der Waals surface area contributed by atoms with Gasteiger partial charge in [-0.05, 0) is 36.8 Å². The Balaban J connectivity index is 1.90. The first-order valence-corrected chi connectivity index (χ1v) is 6.88. The number of nitrogens with one attached hydrogen (secondary N) is 1. The Labute approximate surface area is 136 Å². The van der Waals surface area contributed by atoms with Crippen molar-refractivity contribution in [2.24, 2.45) is 0 Å². The molecule has 0 spiro atoms. The zero-order valence-corrected chi connectivity index (χ0v) is 12.7. The molecule has 2 aromatic rings. The zero-order valence-electron chi connectivity index (χ0n) is 12.7. The lowest BCUT2D eigenvalue weighted by atomic mass is 10.1. The maximum atomic E-state index is 11.8. The summed E-state index contributed by atoms with van der Waals surface area (Å²) in [5.74, 6) is -1.66. The average Bonchev–Trinajstić information content (AvgIpc) is 2.53. The molecule has 0 saturated carbocycles. The number of hydrogen-bond acceptors (Lipinski definition) is 6. The van der Waals surface area contributed by atoms with Crippen LogP contribution in [0.5, 0.6) is 5.75 Å². The minimum Gasteiger partial charge on any atom is -0.507 e. The van der Waals surface area contributed by atoms with Gasteiger partial charge in [0.05, 0.1) is 4.92 Å². The number of benzene rings is 2. The molecule has 0 aliphatic carbocycles. The first-order chi connectivity index (χ1) is 11.4. The number of phenolic OH excluding ortho intramolecular Hbond substituents is 1. The summed E-state index contributed by atoms with van der Waals surface area (Å²) >= 11 is 0. The highest BCUT2D eigenvalue weighted by atomic mass is 16.6. The number of nitro benzene ring substituents is 1. The van der Waals surface area contributed by atoms with Crippen LogP contribution in [0.2, 0.25) is 0 Å². The number of ether oxygens (including phenoxy) is 1. The van der Waals surface area contributed by atoms with Gasteiger partial charge in [0, 0.05) is 17.8 Å². The summed E-state index contributed by atoms with van der Waals surface area (Å²) in [5.41, 5.74) is 0.970. The second-order valence-electron chi connectivity index (χ2n) is 4.95. The van der Waals surface area contributed by atoms with E-state index in [0.29, 0.717) is 5.69 Å². The Morgan fingerprint density at radius 3 is 2.46 bits per heavy atom. The third kappa shape index (κ3) is 4.29. The number of anilines is 1. The molecule has 0 unspecified atom stereocenters. The molecule has 0 saturated heterocycles. The highest BCUT2D eigenvalue weighted by Crippen LogP contribution is 2.19. The lowest BCUT2D eigenvalue weighted by Crippen LogP contribution is -2.21. The third-order valence-electron chi connectivity index (χ3n) is 3.07. The summed E-state index contributed by atoms with van der Waals surface area (Å²) in [7, 11) is 0. The van der Waals surface area contributed by atoms with E-state index in [1.54, 1.807) is 13.0 Å². The van der Waals surface area contributed by atoms with Gasteiger partial charge >= 0.3 is 5.97 Å². The number of carbonyl (C=O) groups is 2. The maximum Gasteiger partial charge on any atom is 0.342 e. The van der Waals surface area contributed by atoms with Crippen molar-refractivity contribution in [2.75, 3.05) is 11.9 Å². The minimum atomic E-state index is -0.827. The van der Waals surface area contributed by atoms with Crippen LogP contribution in [0.4, 0.5) is 11.4 Å². The highest BCUT2D eigenvalue weighted by molar-refractivity contribution is 5.96. The van der Waals surface area contributed by atoms with E-state index < -0.39 is 23.4 Å². The highest BCUT2D eigenvalue weighted by Gasteiger charge is 2.14. The number of hydrogen-bond donors (Lipinski definition) is 2. The number of amides is 1. The van der Waals surface area contributed by atoms with E-state index in [2.05, 4.69) is 5.32 Å². The minimum absolute atomic E-state index is 0.0382. The lowest BCUT2D eigenvalue weighted by molar-refractivity contribution is -0.384. The summed E-state index contributed by atoms with van der Waals surface area (Å²) in [5, 5.41) is 22.6. The van der Waals surface area contributed by atoms with Crippen molar-refractivity contribution in [1.82, 2.24) is 0 Å². The summed E-state index contributed by atoms with van der Waals surface area (Å²) in [4.78, 5) is 33.5. The smallest absolute Gasteiger partial charge is 0.342 e. The zero-order chi connectivity index (χ0) is 17.7. The van der Waals surface area contributed by atoms with Crippen LogP contribution in [0, 0.1) is 17.0 Å². The van der Waals surface area contributed by atoms with Crippen LogP contribution in [0.1, 0.15) is 15.9 Å². The summed E-state index contributed by atoms with van der Waals surface area (Å²) < 4.78 is 4.83. The van der Waals surface area contributed by atoms with Crippen LogP contribution in [-0.4, -0.2) is 28.5 Å². The molecule has 2 aromatic carbocycles. The predicted octanol–water partition coefficient (Wildman–Crippen LogP) is 2.40. The third-order valence-corrected chi connectivity index (χ3v) is 3.07. The molecule has 2 rings (SSSR count). The van der Waals surface area contributed by atoms with Gasteiger partial charge in [0.25, 0.3) is 11.6 Å². The summed E-state index contributed by atoms with van der Waals surface area (Å²) in [6.07, 6.45) is 0. The van der Waals surface area contributed by atoms with Crippen LogP contribution in [0.3, 0.4) is 0 Å². The monoisotopic (exact) mass is 330 g/mol. The van der Waals surface area contributed by atoms with Gasteiger partial charge in [-0.2, -0.15) is 0 Å². The fraction of sp³-hybridized carbons (Fsp3) is 0.125. The standard InChI is InChI=1S/C16H14N2O6/c1-10-2-7-13(14(19)8-10)16(21)24-9-15(20)17-11-3-5-12(6-4-11)18(22)23/h2-8,19H,9H2,1H3,(H,17,20). The second kappa shape index (κ2) is 7.23. The number of aryl methyl sites for hydroxylation is 1. The number of carbonyl (C=O) groups excluding carboxylic acids is 2. The van der Waals surface area contributed by atoms with Gasteiger partial charge in [-0.3, -0.25) is 14.9 Å². The van der Waals surface area contributed by atoms with Crippen LogP contribution in [-0.2, 0) is 9.53 Å². The number of nitro groups is 1. The molecule has 0 radical (unpaired) electrons. The molecule has 0 aliphatic heterocycles. The number of nitrogens with zero attached hydrogens (tertiary/aromatic N) is 1. The number of aromatic hydroxyl groups is 1. The molecule has 124 valence electrons. The Bertz CT molecular complexity index is 786. The number of esters is 1. The van der Waals surface area contributed by atoms with E-state index in [1.165, 1.54) is 36.4 Å². The van der Waals surface area contributed by atoms with Gasteiger partial charge in [-0.1, -0.05) is 6.07 Å². The fourth-order valence-corrected chi connectivity index (χ4v) is 1.89. The van der Waals surface area contributed by atoms with Crippen molar-refractivity contribution in [3.05, 3.63) is 63.7 Å². The molecular formula is C16H14N2O6. The van der Waals surface area contributed by atoms with Crippen molar-refractivity contribution in [3.8, 4) is 5.75 Å². The quantitative estimate of drug-likeness (QED) is 0.493. The molecule has 8 nitrogen and oxygen atoms in total. The van der Waals surface area contributed by atoms with Gasteiger partial charge in [-0.25, -0.2) is 4.79 Å². The average molecular weight is 330 g/mol. The Kier molecular flexibility index (Phi) is 5.10. The molecule has 0 heterocycles. The van der Waals surface area contributed by atoms with Crippen molar-refractivity contribution in [2.45, 2.75) is 6.92 Å². The van der Waals surface area contributed by atoms with E-state index in [9.17, 15) is 24.8 Å². The number of non-ortho nitro benzene ring substituents is 1. The molecule has 8 heteroatoms. The first-order valence-electron chi connectivity index (χ1n) is 6.88. The van der Waals surface area contributed by atoms with E-state index in [0.717, 1.165) is 5.56 Å². The topological polar surface area (TPSA) is 119 Å². The van der Waals surface area contributed by atoms with Gasteiger partial charge in [0.2, 0.25) is 0 Å². The van der Waals surface area contributed by atoms with Crippen molar-refractivity contribution >= 4 is 23.3 Å². The van der Waals surface area contributed by atoms with E-state index >= 15 is 0 Å². The predicted molar refractivity (Wildman–Crippen MR) is 84.9 cm³/mol. The van der Waals surface area contributed by atoms with Crippen molar-refractivity contribution in [3.63, 3.8) is 0 Å². The van der Waals surface area contributed by atoms with Crippen molar-refractivity contribution < 1.29 is 24.4 Å². The van der Waals surface area contributed by atoms with Crippen LogP contribution < -0.4 is 5.32 Å². The van der Waals surface area contributed by atoms with E-state index in [1.807, 2.05) is 0 Å². The molecule has 0 atom stereocenters. The molecule has 24 heavy (non-hydrogen) atoms. The van der Waals surface area contributed by atoms with E-state index in [-0.39, 0.29) is 17.0 Å². The molecule has 0 aliphatic rings. The van der Waals surface area contributed by atoms with Gasteiger partial charge in [0.1, 0.15) is 11.3 Å². The van der Waals surface area contributed by atoms with Gasteiger partial charge in [0.15, 0.2) is 6.61 Å². The molecule has 2 N–H and O–H groups in total. The van der Waals surface area contributed by atoms with Crippen LogP contribution in [0.15, 0.2) is 42.5 Å². The maximum absolute atomic E-state index is 11.8. The Morgan fingerprint density at radius 1 is 1.21 bits per heavy atom. The Morgan fingerprint density at radius 2 is 1.88 bits per heavy atom. The first kappa shape index (κ1) is 16.9. The fourth-order valence-electron chi connectivity index (χ4n) is 1.89. The van der Waals surface area contributed by atoms with Gasteiger partial charge in [-0.15, -0.1) is 0 Å².